The lowest BCUT2D eigenvalue weighted by molar-refractivity contribution is -0.138. The fourth-order valence-electron chi connectivity index (χ4n) is 4.09. The van der Waals surface area contributed by atoms with Crippen LogP contribution in [0.15, 0.2) is 39.8 Å². The Morgan fingerprint density at radius 1 is 1.18 bits per heavy atom. The quantitative estimate of drug-likeness (QED) is 0.460. The van der Waals surface area contributed by atoms with Gasteiger partial charge in [-0.2, -0.15) is 23.3 Å². The number of fused-ring (bicyclic) bond motifs is 1. The minimum Gasteiger partial charge on any atom is -0.333 e. The predicted octanol–water partition coefficient (Wildman–Crippen LogP) is 3.96. The third-order valence-corrected chi connectivity index (χ3v) is 5.75. The van der Waals surface area contributed by atoms with Crippen molar-refractivity contribution >= 4 is 18.1 Å². The molecule has 2 N–H and O–H groups in total. The third-order valence-electron chi connectivity index (χ3n) is 5.75. The van der Waals surface area contributed by atoms with Crippen molar-refractivity contribution in [2.45, 2.75) is 31.9 Å². The van der Waals surface area contributed by atoms with Gasteiger partial charge in [0, 0.05) is 17.5 Å². The molecular formula is C21H20ClF3N6O2. The van der Waals surface area contributed by atoms with Gasteiger partial charge < -0.3 is 14.8 Å². The molecule has 1 aromatic carbocycles. The number of piperidine rings is 1. The summed E-state index contributed by atoms with van der Waals surface area (Å²) >= 11 is 0. The maximum atomic E-state index is 13.3. The van der Waals surface area contributed by atoms with Gasteiger partial charge in [-0.25, -0.2) is 4.52 Å². The van der Waals surface area contributed by atoms with E-state index in [1.807, 2.05) is 0 Å². The van der Waals surface area contributed by atoms with Crippen molar-refractivity contribution in [3.8, 4) is 22.8 Å². The van der Waals surface area contributed by atoms with E-state index in [2.05, 4.69) is 25.5 Å². The largest absolute Gasteiger partial charge is 0.416 e. The van der Waals surface area contributed by atoms with E-state index in [1.54, 1.807) is 10.6 Å². The summed E-state index contributed by atoms with van der Waals surface area (Å²) in [5.74, 6) is 0.254. The van der Waals surface area contributed by atoms with Crippen LogP contribution in [0, 0.1) is 6.92 Å². The minimum atomic E-state index is -4.49. The van der Waals surface area contributed by atoms with E-state index in [0.29, 0.717) is 11.2 Å². The van der Waals surface area contributed by atoms with E-state index in [1.165, 1.54) is 25.3 Å². The van der Waals surface area contributed by atoms with Gasteiger partial charge in [-0.3, -0.25) is 4.79 Å². The number of hydrogen-bond donors (Lipinski definition) is 2. The van der Waals surface area contributed by atoms with Crippen LogP contribution in [0.25, 0.3) is 28.5 Å². The highest BCUT2D eigenvalue weighted by molar-refractivity contribution is 5.85. The first-order valence-electron chi connectivity index (χ1n) is 10.2. The lowest BCUT2D eigenvalue weighted by Crippen LogP contribution is -2.28. The summed E-state index contributed by atoms with van der Waals surface area (Å²) in [6.45, 7) is 3.11. The van der Waals surface area contributed by atoms with Crippen LogP contribution in [0.4, 0.5) is 13.2 Å². The molecule has 0 bridgehead atoms. The van der Waals surface area contributed by atoms with Gasteiger partial charge in [0.1, 0.15) is 11.2 Å². The van der Waals surface area contributed by atoms with E-state index in [-0.39, 0.29) is 46.7 Å². The number of aryl methyl sites for hydroxylation is 1. The Balaban J connectivity index is 0.00000259. The highest BCUT2D eigenvalue weighted by atomic mass is 35.5. The van der Waals surface area contributed by atoms with Gasteiger partial charge in [0.05, 0.1) is 17.5 Å². The number of halogens is 4. The number of alkyl halides is 3. The van der Waals surface area contributed by atoms with Crippen LogP contribution in [0.1, 0.15) is 35.6 Å². The molecule has 1 saturated heterocycles. The maximum absolute atomic E-state index is 13.3. The van der Waals surface area contributed by atoms with Gasteiger partial charge in [-0.15, -0.1) is 12.4 Å². The Labute approximate surface area is 191 Å². The molecule has 0 aliphatic carbocycles. The van der Waals surface area contributed by atoms with Crippen LogP contribution in [0.2, 0.25) is 0 Å². The van der Waals surface area contributed by atoms with Crippen LogP contribution in [0.5, 0.6) is 0 Å². The molecule has 0 radical (unpaired) electrons. The minimum absolute atomic E-state index is 0. The third kappa shape index (κ3) is 4.25. The molecule has 12 heteroatoms. The Bertz CT molecular complexity index is 1350. The van der Waals surface area contributed by atoms with Gasteiger partial charge in [0.2, 0.25) is 5.82 Å². The number of aromatic nitrogens is 5. The maximum Gasteiger partial charge on any atom is 0.416 e. The number of aromatic amines is 1. The van der Waals surface area contributed by atoms with Crippen LogP contribution in [-0.2, 0) is 6.18 Å². The molecular weight excluding hydrogens is 461 g/mol. The van der Waals surface area contributed by atoms with Crippen LogP contribution < -0.4 is 10.9 Å². The summed E-state index contributed by atoms with van der Waals surface area (Å²) in [5.41, 5.74) is 0.855. The summed E-state index contributed by atoms with van der Waals surface area (Å²) < 4.78 is 46.8. The van der Waals surface area contributed by atoms with Crippen molar-refractivity contribution in [2.75, 3.05) is 13.1 Å². The predicted molar refractivity (Wildman–Crippen MR) is 116 cm³/mol. The van der Waals surface area contributed by atoms with Crippen molar-refractivity contribution < 1.29 is 17.7 Å². The molecule has 1 aliphatic rings. The molecule has 0 saturated carbocycles. The molecule has 1 aliphatic heterocycles. The molecule has 4 heterocycles. The number of benzene rings is 1. The van der Waals surface area contributed by atoms with Crippen LogP contribution >= 0.6 is 12.4 Å². The second-order valence-electron chi connectivity index (χ2n) is 7.85. The highest BCUT2D eigenvalue weighted by Crippen LogP contribution is 2.35. The summed E-state index contributed by atoms with van der Waals surface area (Å²) in [6.07, 6.45) is -1.22. The number of H-pyrrole nitrogens is 1. The second-order valence-corrected chi connectivity index (χ2v) is 7.85. The first-order chi connectivity index (χ1) is 15.3. The van der Waals surface area contributed by atoms with Gasteiger partial charge in [0.15, 0.2) is 0 Å². The van der Waals surface area contributed by atoms with E-state index in [0.717, 1.165) is 37.7 Å². The molecule has 0 spiro atoms. The first kappa shape index (κ1) is 23.0. The molecule has 3 aromatic heterocycles. The zero-order chi connectivity index (χ0) is 22.5. The van der Waals surface area contributed by atoms with Gasteiger partial charge in [-0.05, 0) is 44.5 Å². The van der Waals surface area contributed by atoms with E-state index in [9.17, 15) is 18.0 Å². The summed E-state index contributed by atoms with van der Waals surface area (Å²) in [5, 5.41) is 11.5. The number of nitrogens with one attached hydrogen (secondary N) is 2. The van der Waals surface area contributed by atoms with E-state index < -0.39 is 11.7 Å². The second kappa shape index (κ2) is 8.64. The van der Waals surface area contributed by atoms with Gasteiger partial charge >= 0.3 is 6.18 Å². The zero-order valence-corrected chi connectivity index (χ0v) is 18.3. The molecule has 0 amide bonds. The van der Waals surface area contributed by atoms with E-state index >= 15 is 0 Å². The zero-order valence-electron chi connectivity index (χ0n) is 17.4. The van der Waals surface area contributed by atoms with Gasteiger partial charge in [-0.1, -0.05) is 17.3 Å². The highest BCUT2D eigenvalue weighted by Gasteiger charge is 2.33. The smallest absolute Gasteiger partial charge is 0.333 e. The lowest BCUT2D eigenvalue weighted by Gasteiger charge is -2.23. The Hall–Kier alpha value is -3.18. The molecule has 174 valence electrons. The normalized spacial score (nSPS) is 15.0. The molecule has 0 atom stereocenters. The molecule has 4 aromatic rings. The van der Waals surface area contributed by atoms with Crippen LogP contribution in [-0.4, -0.2) is 37.8 Å². The Morgan fingerprint density at radius 3 is 2.67 bits per heavy atom. The van der Waals surface area contributed by atoms with Crippen molar-refractivity contribution in [1.29, 1.82) is 0 Å². The number of hydrogen-bond acceptors (Lipinski definition) is 6. The van der Waals surface area contributed by atoms with Crippen molar-refractivity contribution in [1.82, 2.24) is 30.1 Å². The summed E-state index contributed by atoms with van der Waals surface area (Å²) in [7, 11) is 0. The molecule has 0 unspecified atom stereocenters. The molecule has 1 fully saturated rings. The van der Waals surface area contributed by atoms with E-state index in [4.69, 9.17) is 4.52 Å². The fraction of sp³-hybridized carbons (Fsp3) is 0.333. The topological polar surface area (TPSA) is 101 Å². The molecule has 5 rings (SSSR count). The van der Waals surface area contributed by atoms with Crippen molar-refractivity contribution in [3.63, 3.8) is 0 Å². The Morgan fingerprint density at radius 2 is 1.94 bits per heavy atom. The molecule has 33 heavy (non-hydrogen) atoms. The Kier molecular flexibility index (Phi) is 6.02. The molecule has 8 nitrogen and oxygen atoms in total. The SMILES string of the molecule is Cc1ccc(-c2noc(-c3cnn4c(C5CCNCC5)cc(=O)[nH]c34)n2)cc1C(F)(F)F.Cl. The average molecular weight is 481 g/mol. The monoisotopic (exact) mass is 480 g/mol. The summed E-state index contributed by atoms with van der Waals surface area (Å²) in [4.78, 5) is 19.4. The van der Waals surface area contributed by atoms with Crippen molar-refractivity contribution in [2.24, 2.45) is 0 Å². The van der Waals surface area contributed by atoms with Crippen LogP contribution in [0.3, 0.4) is 0 Å². The summed E-state index contributed by atoms with van der Waals surface area (Å²) in [6, 6.07) is 5.42. The van der Waals surface area contributed by atoms with Gasteiger partial charge in [0.25, 0.3) is 11.4 Å². The lowest BCUT2D eigenvalue weighted by atomic mass is 9.94. The first-order valence-corrected chi connectivity index (χ1v) is 10.2. The standard InChI is InChI=1S/C21H19F3N6O2.ClH/c1-11-2-3-13(8-15(11)21(22,23)24)18-28-20(32-29-18)14-10-26-30-16(9-17(31)27-19(14)30)12-4-6-25-7-5-12;/h2-3,8-10,12,25H,4-7H2,1H3,(H,27,31);1H. The number of nitrogens with zero attached hydrogens (tertiary/aromatic N) is 4. The van der Waals surface area contributed by atoms with Crippen molar-refractivity contribution in [3.05, 3.63) is 57.6 Å². The average Bonchev–Trinajstić information content (AvgIpc) is 3.40. The number of rotatable bonds is 3. The fourth-order valence-corrected chi connectivity index (χ4v) is 4.09.